The molecule has 0 saturated carbocycles. The van der Waals surface area contributed by atoms with Crippen LogP contribution in [0.15, 0.2) is 30.3 Å². The Labute approximate surface area is 86.1 Å². The lowest BCUT2D eigenvalue weighted by atomic mass is 10.0. The summed E-state index contributed by atoms with van der Waals surface area (Å²) < 4.78 is 5.55. The van der Waals surface area contributed by atoms with Gasteiger partial charge in [0.2, 0.25) is 0 Å². The lowest BCUT2D eigenvalue weighted by Gasteiger charge is -2.22. The van der Waals surface area contributed by atoms with Crippen LogP contribution in [0.5, 0.6) is 0 Å². The van der Waals surface area contributed by atoms with Crippen molar-refractivity contribution in [1.82, 2.24) is 0 Å². The van der Waals surface area contributed by atoms with E-state index >= 15 is 0 Å². The predicted molar refractivity (Wildman–Crippen MR) is 59.0 cm³/mol. The SMILES string of the molecule is CC[C@@](C)(N)COCc1ccccc1. The van der Waals surface area contributed by atoms with E-state index in [9.17, 15) is 0 Å². The first-order chi connectivity index (χ1) is 6.64. The molecule has 0 radical (unpaired) electrons. The Bertz CT molecular complexity index is 256. The highest BCUT2D eigenvalue weighted by molar-refractivity contribution is 5.13. The highest BCUT2D eigenvalue weighted by Crippen LogP contribution is 2.07. The van der Waals surface area contributed by atoms with Crippen LogP contribution in [-0.4, -0.2) is 12.1 Å². The van der Waals surface area contributed by atoms with Gasteiger partial charge in [-0.25, -0.2) is 0 Å². The van der Waals surface area contributed by atoms with Gasteiger partial charge >= 0.3 is 0 Å². The van der Waals surface area contributed by atoms with E-state index in [1.807, 2.05) is 25.1 Å². The molecule has 0 spiro atoms. The van der Waals surface area contributed by atoms with E-state index in [0.717, 1.165) is 6.42 Å². The molecule has 1 aromatic rings. The van der Waals surface area contributed by atoms with E-state index in [-0.39, 0.29) is 5.54 Å². The first-order valence-corrected chi connectivity index (χ1v) is 5.04. The van der Waals surface area contributed by atoms with E-state index in [4.69, 9.17) is 10.5 Å². The van der Waals surface area contributed by atoms with E-state index < -0.39 is 0 Å². The first-order valence-electron chi connectivity index (χ1n) is 5.04. The molecule has 1 aromatic carbocycles. The third kappa shape index (κ3) is 3.90. The highest BCUT2D eigenvalue weighted by Gasteiger charge is 2.15. The lowest BCUT2D eigenvalue weighted by Crippen LogP contribution is -2.40. The zero-order valence-electron chi connectivity index (χ0n) is 8.99. The fourth-order valence-electron chi connectivity index (χ4n) is 1.08. The van der Waals surface area contributed by atoms with Crippen molar-refractivity contribution in [1.29, 1.82) is 0 Å². The number of nitrogens with two attached hydrogens (primary N) is 1. The molecule has 78 valence electrons. The normalized spacial score (nSPS) is 15.1. The largest absolute Gasteiger partial charge is 0.375 e. The molecule has 0 aliphatic heterocycles. The highest BCUT2D eigenvalue weighted by atomic mass is 16.5. The summed E-state index contributed by atoms with van der Waals surface area (Å²) in [5.41, 5.74) is 6.95. The minimum absolute atomic E-state index is 0.200. The summed E-state index contributed by atoms with van der Waals surface area (Å²) in [4.78, 5) is 0. The smallest absolute Gasteiger partial charge is 0.0717 e. The topological polar surface area (TPSA) is 35.2 Å². The van der Waals surface area contributed by atoms with Gasteiger partial charge in [-0.05, 0) is 18.9 Å². The second-order valence-electron chi connectivity index (χ2n) is 3.99. The summed E-state index contributed by atoms with van der Waals surface area (Å²) in [6.45, 7) is 5.34. The third-order valence-corrected chi connectivity index (χ3v) is 2.35. The summed E-state index contributed by atoms with van der Waals surface area (Å²) in [5.74, 6) is 0. The Kier molecular flexibility index (Phi) is 4.11. The van der Waals surface area contributed by atoms with Crippen LogP contribution in [-0.2, 0) is 11.3 Å². The van der Waals surface area contributed by atoms with Gasteiger partial charge in [0, 0.05) is 5.54 Å². The van der Waals surface area contributed by atoms with Gasteiger partial charge < -0.3 is 10.5 Å². The van der Waals surface area contributed by atoms with Gasteiger partial charge in [-0.3, -0.25) is 0 Å². The second-order valence-corrected chi connectivity index (χ2v) is 3.99. The Morgan fingerprint density at radius 2 is 1.93 bits per heavy atom. The maximum Gasteiger partial charge on any atom is 0.0717 e. The van der Waals surface area contributed by atoms with Crippen molar-refractivity contribution in [2.75, 3.05) is 6.61 Å². The van der Waals surface area contributed by atoms with Gasteiger partial charge in [-0.15, -0.1) is 0 Å². The van der Waals surface area contributed by atoms with Crippen molar-refractivity contribution < 1.29 is 4.74 Å². The molecule has 0 bridgehead atoms. The molecule has 0 heterocycles. The van der Waals surface area contributed by atoms with Gasteiger partial charge in [0.1, 0.15) is 0 Å². The third-order valence-electron chi connectivity index (χ3n) is 2.35. The van der Waals surface area contributed by atoms with Crippen LogP contribution in [0.25, 0.3) is 0 Å². The number of hydrogen-bond donors (Lipinski definition) is 1. The molecule has 0 fully saturated rings. The van der Waals surface area contributed by atoms with Crippen LogP contribution in [0.2, 0.25) is 0 Å². The Balaban J connectivity index is 2.29. The van der Waals surface area contributed by atoms with Crippen molar-refractivity contribution in [3.63, 3.8) is 0 Å². The predicted octanol–water partition coefficient (Wildman–Crippen LogP) is 2.33. The summed E-state index contributed by atoms with van der Waals surface area (Å²) in [7, 11) is 0. The second kappa shape index (κ2) is 5.13. The fourth-order valence-corrected chi connectivity index (χ4v) is 1.08. The van der Waals surface area contributed by atoms with Crippen LogP contribution in [0.4, 0.5) is 0 Å². The minimum atomic E-state index is -0.200. The Hall–Kier alpha value is -0.860. The van der Waals surface area contributed by atoms with E-state index in [1.165, 1.54) is 5.56 Å². The maximum absolute atomic E-state index is 5.96. The Morgan fingerprint density at radius 1 is 1.29 bits per heavy atom. The number of benzene rings is 1. The molecule has 1 rings (SSSR count). The van der Waals surface area contributed by atoms with E-state index in [2.05, 4.69) is 19.1 Å². The molecule has 0 unspecified atom stereocenters. The van der Waals surface area contributed by atoms with Crippen LogP contribution in [0.1, 0.15) is 25.8 Å². The molecule has 2 nitrogen and oxygen atoms in total. The summed E-state index contributed by atoms with van der Waals surface area (Å²) >= 11 is 0. The standard InChI is InChI=1S/C12H19NO/c1-3-12(2,13)10-14-9-11-7-5-4-6-8-11/h4-8H,3,9-10,13H2,1-2H3/t12-/m1/s1. The molecular weight excluding hydrogens is 174 g/mol. The van der Waals surface area contributed by atoms with Crippen LogP contribution < -0.4 is 5.73 Å². The van der Waals surface area contributed by atoms with Crippen LogP contribution >= 0.6 is 0 Å². The number of hydrogen-bond acceptors (Lipinski definition) is 2. The molecule has 14 heavy (non-hydrogen) atoms. The van der Waals surface area contributed by atoms with Gasteiger partial charge in [0.25, 0.3) is 0 Å². The van der Waals surface area contributed by atoms with Crippen molar-refractivity contribution in [2.24, 2.45) is 5.73 Å². The number of rotatable bonds is 5. The van der Waals surface area contributed by atoms with Crippen LogP contribution in [0.3, 0.4) is 0 Å². The van der Waals surface area contributed by atoms with E-state index in [0.29, 0.717) is 13.2 Å². The van der Waals surface area contributed by atoms with E-state index in [1.54, 1.807) is 0 Å². The monoisotopic (exact) mass is 193 g/mol. The summed E-state index contributed by atoms with van der Waals surface area (Å²) in [5, 5.41) is 0. The molecule has 0 saturated heterocycles. The molecular formula is C12H19NO. The molecule has 0 amide bonds. The summed E-state index contributed by atoms with van der Waals surface area (Å²) in [6, 6.07) is 10.1. The average Bonchev–Trinajstić information content (AvgIpc) is 2.19. The minimum Gasteiger partial charge on any atom is -0.375 e. The molecule has 2 N–H and O–H groups in total. The fraction of sp³-hybridized carbons (Fsp3) is 0.500. The van der Waals surface area contributed by atoms with Crippen molar-refractivity contribution in [2.45, 2.75) is 32.4 Å². The Morgan fingerprint density at radius 3 is 2.50 bits per heavy atom. The molecule has 2 heteroatoms. The summed E-state index contributed by atoms with van der Waals surface area (Å²) in [6.07, 6.45) is 0.932. The van der Waals surface area contributed by atoms with Gasteiger partial charge in [0.05, 0.1) is 13.2 Å². The van der Waals surface area contributed by atoms with Crippen LogP contribution in [0, 0.1) is 0 Å². The lowest BCUT2D eigenvalue weighted by molar-refractivity contribution is 0.0777. The van der Waals surface area contributed by atoms with Crippen molar-refractivity contribution in [3.05, 3.63) is 35.9 Å². The zero-order valence-corrected chi connectivity index (χ0v) is 8.99. The van der Waals surface area contributed by atoms with Crippen molar-refractivity contribution >= 4 is 0 Å². The van der Waals surface area contributed by atoms with Gasteiger partial charge in [0.15, 0.2) is 0 Å². The molecule has 0 aliphatic rings. The quantitative estimate of drug-likeness (QED) is 0.779. The average molecular weight is 193 g/mol. The molecule has 0 aromatic heterocycles. The van der Waals surface area contributed by atoms with Crippen molar-refractivity contribution in [3.8, 4) is 0 Å². The molecule has 1 atom stereocenters. The van der Waals surface area contributed by atoms with Gasteiger partial charge in [-0.1, -0.05) is 37.3 Å². The molecule has 0 aliphatic carbocycles. The number of ether oxygens (including phenoxy) is 1. The zero-order chi connectivity index (χ0) is 10.4. The maximum atomic E-state index is 5.96. The first kappa shape index (κ1) is 11.2. The van der Waals surface area contributed by atoms with Gasteiger partial charge in [-0.2, -0.15) is 0 Å².